The summed E-state index contributed by atoms with van der Waals surface area (Å²) in [5, 5.41) is 25.3. The highest BCUT2D eigenvalue weighted by molar-refractivity contribution is 9.21. The molecule has 0 bridgehead atoms. The number of likely N-dealkylation sites (tertiary alicyclic amines) is 2. The largest absolute Gasteiger partial charge is 0.493 e. The van der Waals surface area contributed by atoms with Crippen LogP contribution in [0.3, 0.4) is 0 Å². The maximum absolute atomic E-state index is 11.6. The molecule has 2 aromatic carbocycles. The molecule has 15 nitrogen and oxygen atoms in total. The first-order valence-electron chi connectivity index (χ1n) is 26.9. The number of carbonyl (C=O) groups is 1. The molecule has 0 aromatic heterocycles. The molecule has 6 rings (SSSR count). The summed E-state index contributed by atoms with van der Waals surface area (Å²) in [6, 6.07) is 12.7. The highest BCUT2D eigenvalue weighted by Crippen LogP contribution is 3.16. The predicted octanol–water partition coefficient (Wildman–Crippen LogP) is 13.0. The van der Waals surface area contributed by atoms with E-state index in [4.69, 9.17) is 34.2 Å². The molecule has 0 radical (unpaired) electrons. The molecule has 4 fully saturated rings. The minimum atomic E-state index is -0.185. The van der Waals surface area contributed by atoms with E-state index in [2.05, 4.69) is 106 Å². The molecule has 2 aliphatic carbocycles. The first kappa shape index (κ1) is 78.8. The van der Waals surface area contributed by atoms with E-state index < -0.39 is 0 Å². The summed E-state index contributed by atoms with van der Waals surface area (Å²) in [4.78, 5) is 20.0. The fraction of sp³-hybridized carbons (Fsp3) is 0.700. The standard InChI is InChI=1S/C25H41N3O5.C21H34N2O4.C4H7N.2ClH.H14P12/c1-3-12-26-25(30)27-13-16-33-23-9-8-19(17-24(23)31-2)11-15-32-22-7-5-4-6-21(22)28-14-10-20(29)18-28;1-25-21-14-16(6-7-20(21)27-13-10-22)9-12-26-19-5-3-2-4-18(19)23-11-8-17(24)15-23;1-3-5-4-2;;;1-8(2)11(7)12(9(3)4)10(5)6/h8-9,17,20-22,29H,3-7,10-16,18H2,1-2H3,(H2,26,27,30);6-7,14,17-19,24H,2-5,8-13,15,22H2,1H3;1,4H2,2H3;2*1H;1-7H2/t20-,21?,22?;17-,18?,19?;;;;/m11..../s1. The lowest BCUT2D eigenvalue weighted by Crippen LogP contribution is -2.46. The molecular formula is C50H98Cl2N6O9P12. The number of urea groups is 1. The average Bonchev–Trinajstić information content (AvgIpc) is 4.11. The Labute approximate surface area is 509 Å². The Morgan fingerprint density at radius 3 is 1.49 bits per heavy atom. The highest BCUT2D eigenvalue weighted by atomic mass is 35.5. The van der Waals surface area contributed by atoms with Crippen LogP contribution in [0.4, 0.5) is 4.79 Å². The zero-order valence-corrected chi connectivity index (χ0v) is 61.3. The lowest BCUT2D eigenvalue weighted by molar-refractivity contribution is -0.0317. The monoisotopic (exact) mass is 1370 g/mol. The number of nitrogens with one attached hydrogen (secondary N) is 2. The second kappa shape index (κ2) is 46.9. The van der Waals surface area contributed by atoms with Crippen molar-refractivity contribution >= 4 is 134 Å². The number of hydrogen-bond acceptors (Lipinski definition) is 13. The number of nitrogens with zero attached hydrogens (tertiary/aromatic N) is 3. The van der Waals surface area contributed by atoms with Gasteiger partial charge in [-0.25, -0.2) is 9.79 Å². The number of halogens is 2. The van der Waals surface area contributed by atoms with Crippen LogP contribution in [0.5, 0.6) is 23.0 Å². The van der Waals surface area contributed by atoms with Crippen molar-refractivity contribution in [3.05, 3.63) is 54.1 Å². The Kier molecular flexibility index (Phi) is 46.8. The molecule has 2 aliphatic heterocycles. The number of aliphatic imine (C=N–C) groups is 1. The summed E-state index contributed by atoms with van der Waals surface area (Å²) in [6.07, 6.45) is 14.0. The summed E-state index contributed by atoms with van der Waals surface area (Å²) in [7, 11) is 24.3. The van der Waals surface area contributed by atoms with E-state index in [0.29, 0.717) is 69.6 Å². The van der Waals surface area contributed by atoms with Crippen LogP contribution in [0.25, 0.3) is 0 Å². The average molecular weight is 1370 g/mol. The number of β-amino-alcohol motifs (C(OH)–C–C–N with tert-alkyl or cyclic N) is 2. The quantitative estimate of drug-likeness (QED) is 0.0342. The summed E-state index contributed by atoms with van der Waals surface area (Å²) in [5.74, 6) is 5.21. The molecule has 2 aromatic rings. The number of nitrogens with two attached hydrogens (primary N) is 1. The van der Waals surface area contributed by atoms with Gasteiger partial charge in [0.1, 0.15) is 13.2 Å². The molecule has 2 saturated carbocycles. The number of aliphatic hydroxyl groups is 2. The minimum absolute atomic E-state index is 0. The van der Waals surface area contributed by atoms with E-state index in [1.807, 2.05) is 44.2 Å². The Morgan fingerprint density at radius 2 is 1.14 bits per heavy atom. The SMILES string of the molecule is C=C=NCC.CCCNC(=O)NCCOc1ccc(CCOC2CCCCC2N2CC[C@@H](O)C2)cc1OC.COc1cc(CCOC2CCCCC2N2CC[C@@H](O)C2)ccc1OCCN.Cl.Cl.PP(P)P(P)P(P(P)P)P(P)P. The summed E-state index contributed by atoms with van der Waals surface area (Å²) in [5.41, 5.74) is 7.81. The van der Waals surface area contributed by atoms with E-state index in [1.54, 1.807) is 14.2 Å². The van der Waals surface area contributed by atoms with Crippen molar-refractivity contribution in [3.63, 3.8) is 0 Å². The molecule has 12 unspecified atom stereocenters. The molecule has 4 aliphatic rings. The third-order valence-corrected chi connectivity index (χ3v) is 79.9. The molecule has 2 heterocycles. The fourth-order valence-corrected chi connectivity index (χ4v) is 112. The first-order chi connectivity index (χ1) is 37.1. The number of hydrogen-bond donors (Lipinski definition) is 5. The van der Waals surface area contributed by atoms with Crippen molar-refractivity contribution in [2.45, 2.75) is 134 Å². The summed E-state index contributed by atoms with van der Waals surface area (Å²) in [6.45, 7) is 16.0. The summed E-state index contributed by atoms with van der Waals surface area (Å²) < 4.78 is 35.0. The van der Waals surface area contributed by atoms with Gasteiger partial charge in [-0.15, -0.1) is 87.3 Å². The molecule has 0 spiro atoms. The highest BCUT2D eigenvalue weighted by Gasteiger charge is 2.36. The van der Waals surface area contributed by atoms with E-state index in [-0.39, 0.29) is 90.2 Å². The van der Waals surface area contributed by atoms with Crippen LogP contribution in [0.1, 0.15) is 95.6 Å². The van der Waals surface area contributed by atoms with Gasteiger partial charge in [-0.05, 0) is 147 Å². The van der Waals surface area contributed by atoms with E-state index in [9.17, 15) is 15.0 Å². The number of ether oxygens (including phenoxy) is 6. The second-order valence-corrected chi connectivity index (χ2v) is 63.8. The van der Waals surface area contributed by atoms with Gasteiger partial charge in [0.05, 0.1) is 58.4 Å². The van der Waals surface area contributed by atoms with E-state index in [1.165, 1.54) is 37.7 Å². The third-order valence-electron chi connectivity index (χ3n) is 13.2. The van der Waals surface area contributed by atoms with Crippen LogP contribution < -0.4 is 35.3 Å². The third kappa shape index (κ3) is 31.0. The Balaban J connectivity index is 0.000000607. The van der Waals surface area contributed by atoms with Crippen LogP contribution in [-0.2, 0) is 22.3 Å². The van der Waals surface area contributed by atoms with Crippen molar-refractivity contribution in [3.8, 4) is 23.0 Å². The van der Waals surface area contributed by atoms with Gasteiger partial charge in [-0.3, -0.25) is 9.80 Å². The zero-order chi connectivity index (χ0) is 56.5. The number of methoxy groups -OCH3 is 2. The fourth-order valence-electron chi connectivity index (χ4n) is 9.48. The van der Waals surface area contributed by atoms with Gasteiger partial charge in [0.25, 0.3) is 0 Å². The maximum Gasteiger partial charge on any atom is 0.314 e. The van der Waals surface area contributed by atoms with Gasteiger partial charge >= 0.3 is 6.03 Å². The molecule has 2 amide bonds. The number of rotatable bonds is 26. The van der Waals surface area contributed by atoms with Gasteiger partial charge in [0.2, 0.25) is 0 Å². The molecule has 2 saturated heterocycles. The van der Waals surface area contributed by atoms with Crippen molar-refractivity contribution in [1.29, 1.82) is 0 Å². The lowest BCUT2D eigenvalue weighted by Gasteiger charge is -2.37. The molecule has 14 atom stereocenters. The molecule has 456 valence electrons. The van der Waals surface area contributed by atoms with Crippen LogP contribution >= 0.6 is 122 Å². The van der Waals surface area contributed by atoms with Crippen molar-refractivity contribution in [1.82, 2.24) is 20.4 Å². The number of benzene rings is 2. The number of carbonyl (C=O) groups excluding carboxylic acids is 1. The van der Waals surface area contributed by atoms with Gasteiger partial charge in [-0.1, -0.05) is 44.7 Å². The number of aliphatic hydroxyl groups excluding tert-OH is 2. The van der Waals surface area contributed by atoms with Crippen LogP contribution in [0.15, 0.2) is 48.0 Å². The Morgan fingerprint density at radius 1 is 0.684 bits per heavy atom. The Bertz CT molecular complexity index is 1980. The maximum atomic E-state index is 11.6. The second-order valence-electron chi connectivity index (χ2n) is 18.9. The number of amides is 2. The minimum Gasteiger partial charge on any atom is -0.493 e. The van der Waals surface area contributed by atoms with Gasteiger partial charge in [0.15, 0.2) is 23.0 Å². The Hall–Kier alpha value is 1.82. The predicted molar refractivity (Wildman–Crippen MR) is 374 cm³/mol. The van der Waals surface area contributed by atoms with Gasteiger partial charge in [0, 0.05) is 57.9 Å². The topological polar surface area (TPSA) is 182 Å². The van der Waals surface area contributed by atoms with Crippen molar-refractivity contribution in [2.24, 2.45) is 10.7 Å². The summed E-state index contributed by atoms with van der Waals surface area (Å²) >= 11 is 0. The van der Waals surface area contributed by atoms with Gasteiger partial charge < -0.3 is 55.0 Å². The normalized spacial score (nSPS) is 21.4. The molecule has 6 N–H and O–H groups in total. The van der Waals surface area contributed by atoms with E-state index >= 15 is 0 Å². The first-order valence-corrected chi connectivity index (χ1v) is 47.8. The molecule has 79 heavy (non-hydrogen) atoms. The van der Waals surface area contributed by atoms with E-state index in [0.717, 1.165) is 101 Å². The zero-order valence-electron chi connectivity index (χ0n) is 47.1. The molecule has 29 heteroatoms. The smallest absolute Gasteiger partial charge is 0.314 e. The molecular weight excluding hydrogens is 1270 g/mol. The van der Waals surface area contributed by atoms with Crippen molar-refractivity contribution in [2.75, 3.05) is 93.0 Å². The van der Waals surface area contributed by atoms with Crippen LogP contribution in [0, 0.1) is 0 Å². The van der Waals surface area contributed by atoms with Gasteiger partial charge in [-0.2, -0.15) is 0 Å². The lowest BCUT2D eigenvalue weighted by atomic mass is 9.91. The van der Waals surface area contributed by atoms with Crippen LogP contribution in [-0.4, -0.2) is 161 Å². The van der Waals surface area contributed by atoms with Crippen molar-refractivity contribution < 1.29 is 43.4 Å². The van der Waals surface area contributed by atoms with Crippen LogP contribution in [0.2, 0.25) is 0 Å².